The maximum atomic E-state index is 11.2. The van der Waals surface area contributed by atoms with Crippen molar-refractivity contribution in [2.45, 2.75) is 70.8 Å². The van der Waals surface area contributed by atoms with E-state index in [9.17, 15) is 4.79 Å². The summed E-state index contributed by atoms with van der Waals surface area (Å²) in [6.07, 6.45) is 9.00. The highest BCUT2D eigenvalue weighted by Crippen LogP contribution is 2.08. The number of alkyl halides is 1. The van der Waals surface area contributed by atoms with Gasteiger partial charge in [0.2, 0.25) is 0 Å². The summed E-state index contributed by atoms with van der Waals surface area (Å²) in [5.74, 6) is -0.279. The fourth-order valence-electron chi connectivity index (χ4n) is 1.73. The zero-order valence-corrected chi connectivity index (χ0v) is 12.3. The van der Waals surface area contributed by atoms with E-state index in [-0.39, 0.29) is 18.3 Å². The Balaban J connectivity index is 3.17. The maximum Gasteiger partial charge on any atom is 0.308 e. The average molecular weight is 279 g/mol. The van der Waals surface area contributed by atoms with Crippen molar-refractivity contribution >= 4 is 17.6 Å². The number of hydrogen-bond acceptors (Lipinski definition) is 3. The molecule has 0 amide bonds. The van der Waals surface area contributed by atoms with Gasteiger partial charge in [-0.3, -0.25) is 4.79 Å². The van der Waals surface area contributed by atoms with E-state index in [1.54, 1.807) is 0 Å². The van der Waals surface area contributed by atoms with Gasteiger partial charge in [-0.1, -0.05) is 51.9 Å². The molecule has 0 saturated carbocycles. The maximum absolute atomic E-state index is 11.2. The molecule has 0 saturated heterocycles. The van der Waals surface area contributed by atoms with Gasteiger partial charge in [0, 0.05) is 5.88 Å². The summed E-state index contributed by atoms with van der Waals surface area (Å²) < 4.78 is 5.00. The van der Waals surface area contributed by atoms with Crippen LogP contribution in [-0.2, 0) is 9.53 Å². The van der Waals surface area contributed by atoms with Crippen molar-refractivity contribution in [1.82, 2.24) is 0 Å². The van der Waals surface area contributed by atoms with Crippen molar-refractivity contribution in [2.75, 3.05) is 12.5 Å². The molecular weight excluding hydrogens is 252 g/mol. The monoisotopic (exact) mass is 278 g/mol. The van der Waals surface area contributed by atoms with Crippen LogP contribution in [-0.4, -0.2) is 29.7 Å². The first-order valence-corrected chi connectivity index (χ1v) is 7.63. The molecule has 0 spiro atoms. The normalized spacial score (nSPS) is 12.4. The number of halogens is 1. The Morgan fingerprint density at radius 2 is 1.67 bits per heavy atom. The van der Waals surface area contributed by atoms with Gasteiger partial charge in [-0.2, -0.15) is 0 Å². The molecule has 0 unspecified atom stereocenters. The number of carbonyl (C=O) groups excluding carboxylic acids is 1. The van der Waals surface area contributed by atoms with Crippen molar-refractivity contribution in [1.29, 1.82) is 0 Å². The van der Waals surface area contributed by atoms with E-state index >= 15 is 0 Å². The predicted octanol–water partition coefficient (Wildman–Crippen LogP) is 3.66. The predicted molar refractivity (Wildman–Crippen MR) is 74.9 cm³/mol. The number of aliphatic hydroxyl groups is 1. The highest BCUT2D eigenvalue weighted by molar-refractivity contribution is 6.18. The Kier molecular flexibility index (Phi) is 13.0. The van der Waals surface area contributed by atoms with E-state index in [1.165, 1.54) is 38.5 Å². The van der Waals surface area contributed by atoms with Crippen molar-refractivity contribution < 1.29 is 14.6 Å². The van der Waals surface area contributed by atoms with Crippen molar-refractivity contribution in [2.24, 2.45) is 0 Å². The van der Waals surface area contributed by atoms with Gasteiger partial charge in [0.05, 0.1) is 19.1 Å². The van der Waals surface area contributed by atoms with Gasteiger partial charge in [-0.05, 0) is 6.42 Å². The van der Waals surface area contributed by atoms with E-state index in [2.05, 4.69) is 6.92 Å². The molecule has 1 N–H and O–H groups in total. The third-order valence-electron chi connectivity index (χ3n) is 2.84. The minimum atomic E-state index is -0.780. The van der Waals surface area contributed by atoms with E-state index in [4.69, 9.17) is 21.4 Å². The quantitative estimate of drug-likeness (QED) is 0.337. The van der Waals surface area contributed by atoms with Crippen LogP contribution in [0.25, 0.3) is 0 Å². The Bertz CT molecular complexity index is 197. The molecule has 0 radical (unpaired) electrons. The van der Waals surface area contributed by atoms with E-state index < -0.39 is 6.10 Å². The van der Waals surface area contributed by atoms with Crippen LogP contribution in [0.4, 0.5) is 0 Å². The first kappa shape index (κ1) is 17.7. The molecule has 0 heterocycles. The van der Waals surface area contributed by atoms with Gasteiger partial charge in [-0.15, -0.1) is 11.6 Å². The van der Waals surface area contributed by atoms with Gasteiger partial charge >= 0.3 is 5.97 Å². The summed E-state index contributed by atoms with van der Waals surface area (Å²) >= 11 is 5.39. The van der Waals surface area contributed by atoms with Gasteiger partial charge in [0.25, 0.3) is 0 Å². The Morgan fingerprint density at radius 1 is 1.11 bits per heavy atom. The van der Waals surface area contributed by atoms with Crippen LogP contribution in [0.1, 0.15) is 64.7 Å². The number of ether oxygens (including phenoxy) is 1. The highest BCUT2D eigenvalue weighted by atomic mass is 35.5. The fourth-order valence-corrected chi connectivity index (χ4v) is 1.84. The lowest BCUT2D eigenvalue weighted by Crippen LogP contribution is -2.17. The van der Waals surface area contributed by atoms with Crippen molar-refractivity contribution in [3.05, 3.63) is 0 Å². The highest BCUT2D eigenvalue weighted by Gasteiger charge is 2.10. The van der Waals surface area contributed by atoms with Crippen LogP contribution < -0.4 is 0 Å². The molecule has 0 rings (SSSR count). The summed E-state index contributed by atoms with van der Waals surface area (Å²) in [4.78, 5) is 11.2. The minimum absolute atomic E-state index is 0.000514. The molecule has 4 heteroatoms. The first-order valence-electron chi connectivity index (χ1n) is 7.10. The molecule has 0 aliphatic rings. The second-order valence-corrected chi connectivity index (χ2v) is 5.02. The molecule has 0 aliphatic heterocycles. The van der Waals surface area contributed by atoms with Gasteiger partial charge in [-0.25, -0.2) is 0 Å². The first-order chi connectivity index (χ1) is 8.70. The molecule has 0 bridgehead atoms. The number of unbranched alkanes of at least 4 members (excludes halogenated alkanes) is 7. The summed E-state index contributed by atoms with van der Waals surface area (Å²) in [6.45, 7) is 2.68. The molecule has 3 nitrogen and oxygen atoms in total. The molecule has 0 fully saturated rings. The van der Waals surface area contributed by atoms with Crippen LogP contribution in [0.3, 0.4) is 0 Å². The lowest BCUT2D eigenvalue weighted by Gasteiger charge is -2.07. The second kappa shape index (κ2) is 13.2. The summed E-state index contributed by atoms with van der Waals surface area (Å²) in [5, 5.41) is 9.14. The largest absolute Gasteiger partial charge is 0.466 e. The van der Waals surface area contributed by atoms with Crippen molar-refractivity contribution in [3.63, 3.8) is 0 Å². The van der Waals surface area contributed by atoms with E-state index in [0.717, 1.165) is 12.8 Å². The van der Waals surface area contributed by atoms with Crippen LogP contribution in [0.2, 0.25) is 0 Å². The second-order valence-electron chi connectivity index (χ2n) is 4.71. The minimum Gasteiger partial charge on any atom is -0.466 e. The van der Waals surface area contributed by atoms with Crippen LogP contribution in [0.5, 0.6) is 0 Å². The molecule has 1 atom stereocenters. The molecule has 0 aromatic carbocycles. The van der Waals surface area contributed by atoms with Crippen LogP contribution in [0, 0.1) is 0 Å². The number of esters is 1. The lowest BCUT2D eigenvalue weighted by molar-refractivity contribution is -0.145. The van der Waals surface area contributed by atoms with Crippen LogP contribution >= 0.6 is 11.6 Å². The third-order valence-corrected chi connectivity index (χ3v) is 3.20. The molecule has 0 aromatic heterocycles. The smallest absolute Gasteiger partial charge is 0.308 e. The number of hydrogen-bond donors (Lipinski definition) is 1. The Labute approximate surface area is 116 Å². The van der Waals surface area contributed by atoms with Gasteiger partial charge < -0.3 is 9.84 Å². The topological polar surface area (TPSA) is 46.5 Å². The molecule has 0 aliphatic carbocycles. The number of rotatable bonds is 12. The Morgan fingerprint density at radius 3 is 2.22 bits per heavy atom. The third kappa shape index (κ3) is 12.2. The lowest BCUT2D eigenvalue weighted by atomic mass is 10.1. The molecule has 108 valence electrons. The SMILES string of the molecule is CCCCCCCCCCOC(=O)C[C@@H](O)CCl. The number of aliphatic hydroxyl groups excluding tert-OH is 1. The number of carbonyl (C=O) groups is 1. The summed E-state index contributed by atoms with van der Waals surface area (Å²) in [5.41, 5.74) is 0. The summed E-state index contributed by atoms with van der Waals surface area (Å²) in [7, 11) is 0. The van der Waals surface area contributed by atoms with E-state index in [0.29, 0.717) is 6.61 Å². The fraction of sp³-hybridized carbons (Fsp3) is 0.929. The standard InChI is InChI=1S/C14H27ClO3/c1-2-3-4-5-6-7-8-9-10-18-14(17)11-13(16)12-15/h13,16H,2-12H2,1H3/t13-/m1/s1. The Hall–Kier alpha value is -0.280. The van der Waals surface area contributed by atoms with Crippen LogP contribution in [0.15, 0.2) is 0 Å². The molecule has 0 aromatic rings. The average Bonchev–Trinajstić information content (AvgIpc) is 2.36. The van der Waals surface area contributed by atoms with Gasteiger partial charge in [0.15, 0.2) is 0 Å². The molecule has 18 heavy (non-hydrogen) atoms. The van der Waals surface area contributed by atoms with E-state index in [1.807, 2.05) is 0 Å². The summed E-state index contributed by atoms with van der Waals surface area (Å²) in [6, 6.07) is 0. The molecular formula is C14H27ClO3. The zero-order chi connectivity index (χ0) is 13.6. The zero-order valence-electron chi connectivity index (χ0n) is 11.5. The van der Waals surface area contributed by atoms with Gasteiger partial charge in [0.1, 0.15) is 0 Å². The van der Waals surface area contributed by atoms with Crippen molar-refractivity contribution in [3.8, 4) is 0 Å².